The van der Waals surface area contributed by atoms with Crippen LogP contribution in [0.4, 0.5) is 0 Å². The molecule has 1 fully saturated rings. The molecule has 1 amide bonds. The number of carbonyl (C=O) groups excluding carboxylic acids is 2. The van der Waals surface area contributed by atoms with E-state index in [9.17, 15) is 9.59 Å². The predicted octanol–water partition coefficient (Wildman–Crippen LogP) is 1.05. The fourth-order valence-electron chi connectivity index (χ4n) is 1.59. The van der Waals surface area contributed by atoms with Crippen molar-refractivity contribution in [1.29, 1.82) is 0 Å². The number of nitrogens with one attached hydrogen (secondary N) is 1. The van der Waals surface area contributed by atoms with E-state index in [0.717, 1.165) is 6.42 Å². The molecule has 0 aromatic carbocycles. The Bertz CT molecular complexity index is 346. The Hall–Kier alpha value is -0.900. The zero-order valence-electron chi connectivity index (χ0n) is 6.84. The molecule has 1 atom stereocenters. The van der Waals surface area contributed by atoms with Crippen LogP contribution in [-0.2, 0) is 9.59 Å². The number of carbonyl (C=O) groups is 2. The lowest BCUT2D eigenvalue weighted by Gasteiger charge is -2.23. The van der Waals surface area contributed by atoms with E-state index in [0.29, 0.717) is 10.9 Å². The Labute approximate surface area is 84.0 Å². The van der Waals surface area contributed by atoms with Crippen LogP contribution in [0.15, 0.2) is 22.7 Å². The second-order valence-electron chi connectivity index (χ2n) is 3.28. The molecule has 3 nitrogen and oxygen atoms in total. The van der Waals surface area contributed by atoms with Gasteiger partial charge in [0.25, 0.3) is 0 Å². The first-order chi connectivity index (χ1) is 6.11. The van der Waals surface area contributed by atoms with Gasteiger partial charge >= 0.3 is 0 Å². The van der Waals surface area contributed by atoms with E-state index in [4.69, 9.17) is 0 Å². The number of ketones is 1. The van der Waals surface area contributed by atoms with E-state index in [1.165, 1.54) is 6.08 Å². The summed E-state index contributed by atoms with van der Waals surface area (Å²) in [4.78, 5) is 22.1. The summed E-state index contributed by atoms with van der Waals surface area (Å²) >= 11 is 3.17. The maximum absolute atomic E-state index is 11.1. The quantitative estimate of drug-likeness (QED) is 0.690. The summed E-state index contributed by atoms with van der Waals surface area (Å²) in [6, 6.07) is 0. The lowest BCUT2D eigenvalue weighted by atomic mass is 9.92. The van der Waals surface area contributed by atoms with E-state index < -0.39 is 5.54 Å². The SMILES string of the molecule is O=C1CCC2(C=CC(=O)C(Br)=C2)N1. The molecule has 0 aromatic heterocycles. The van der Waals surface area contributed by atoms with Crippen molar-refractivity contribution in [2.75, 3.05) is 0 Å². The number of rotatable bonds is 0. The second-order valence-corrected chi connectivity index (χ2v) is 4.13. The van der Waals surface area contributed by atoms with E-state index in [2.05, 4.69) is 21.2 Å². The van der Waals surface area contributed by atoms with Gasteiger partial charge in [0.15, 0.2) is 5.78 Å². The molecule has 68 valence electrons. The maximum Gasteiger partial charge on any atom is 0.221 e. The Balaban J connectivity index is 2.32. The monoisotopic (exact) mass is 241 g/mol. The maximum atomic E-state index is 11.1. The summed E-state index contributed by atoms with van der Waals surface area (Å²) in [6.07, 6.45) is 6.26. The lowest BCUT2D eigenvalue weighted by Crippen LogP contribution is -2.39. The predicted molar refractivity (Wildman–Crippen MR) is 51.3 cm³/mol. The molecule has 2 rings (SSSR count). The third kappa shape index (κ3) is 1.46. The van der Waals surface area contributed by atoms with Gasteiger partial charge in [0.05, 0.1) is 10.0 Å². The third-order valence-electron chi connectivity index (χ3n) is 2.29. The van der Waals surface area contributed by atoms with Crippen molar-refractivity contribution < 1.29 is 9.59 Å². The largest absolute Gasteiger partial charge is 0.344 e. The van der Waals surface area contributed by atoms with E-state index >= 15 is 0 Å². The van der Waals surface area contributed by atoms with Crippen molar-refractivity contribution in [2.45, 2.75) is 18.4 Å². The Morgan fingerprint density at radius 2 is 2.23 bits per heavy atom. The van der Waals surface area contributed by atoms with Crippen molar-refractivity contribution in [3.63, 3.8) is 0 Å². The summed E-state index contributed by atoms with van der Waals surface area (Å²) < 4.78 is 0.525. The summed E-state index contributed by atoms with van der Waals surface area (Å²) in [5.74, 6) is -0.0117. The van der Waals surface area contributed by atoms with Crippen LogP contribution in [0, 0.1) is 0 Å². The van der Waals surface area contributed by atoms with E-state index in [1.54, 1.807) is 12.2 Å². The zero-order chi connectivity index (χ0) is 9.47. The van der Waals surface area contributed by atoms with Gasteiger partial charge in [0.2, 0.25) is 5.91 Å². The molecule has 2 aliphatic rings. The minimum atomic E-state index is -0.413. The average Bonchev–Trinajstić information content (AvgIpc) is 2.42. The van der Waals surface area contributed by atoms with Gasteiger partial charge in [-0.1, -0.05) is 6.08 Å². The number of allylic oxidation sites excluding steroid dienone is 2. The van der Waals surface area contributed by atoms with Crippen molar-refractivity contribution in [3.05, 3.63) is 22.7 Å². The number of hydrogen-bond donors (Lipinski definition) is 1. The first kappa shape index (κ1) is 8.69. The van der Waals surface area contributed by atoms with E-state index in [1.807, 2.05) is 0 Å². The van der Waals surface area contributed by atoms with Crippen LogP contribution < -0.4 is 5.32 Å². The van der Waals surface area contributed by atoms with E-state index in [-0.39, 0.29) is 11.7 Å². The van der Waals surface area contributed by atoms with Gasteiger partial charge in [-0.3, -0.25) is 9.59 Å². The van der Waals surface area contributed by atoms with Crippen LogP contribution >= 0.6 is 15.9 Å². The smallest absolute Gasteiger partial charge is 0.221 e. The summed E-state index contributed by atoms with van der Waals surface area (Å²) in [6.45, 7) is 0. The van der Waals surface area contributed by atoms with Crippen molar-refractivity contribution >= 4 is 27.6 Å². The number of amides is 1. The van der Waals surface area contributed by atoms with Crippen molar-refractivity contribution in [2.24, 2.45) is 0 Å². The molecule has 0 radical (unpaired) electrons. The topological polar surface area (TPSA) is 46.2 Å². The molecule has 1 spiro atoms. The molecule has 4 heteroatoms. The molecule has 1 heterocycles. The van der Waals surface area contributed by atoms with Gasteiger partial charge < -0.3 is 5.32 Å². The van der Waals surface area contributed by atoms with Crippen LogP contribution in [-0.4, -0.2) is 17.2 Å². The Kier molecular flexibility index (Phi) is 1.87. The molecule has 1 unspecified atom stereocenters. The van der Waals surface area contributed by atoms with Crippen LogP contribution in [0.25, 0.3) is 0 Å². The lowest BCUT2D eigenvalue weighted by molar-refractivity contribution is -0.119. The third-order valence-corrected chi connectivity index (χ3v) is 2.91. The van der Waals surface area contributed by atoms with Crippen LogP contribution in [0.1, 0.15) is 12.8 Å². The van der Waals surface area contributed by atoms with Gasteiger partial charge in [0, 0.05) is 6.42 Å². The van der Waals surface area contributed by atoms with Gasteiger partial charge in [-0.05, 0) is 34.5 Å². The first-order valence-corrected chi connectivity index (χ1v) is 4.84. The number of halogens is 1. The highest BCUT2D eigenvalue weighted by Crippen LogP contribution is 2.29. The minimum Gasteiger partial charge on any atom is -0.344 e. The first-order valence-electron chi connectivity index (χ1n) is 4.04. The van der Waals surface area contributed by atoms with Gasteiger partial charge in [-0.25, -0.2) is 0 Å². The normalized spacial score (nSPS) is 32.2. The summed E-state index contributed by atoms with van der Waals surface area (Å²) in [7, 11) is 0. The van der Waals surface area contributed by atoms with Crippen molar-refractivity contribution in [3.8, 4) is 0 Å². The fraction of sp³-hybridized carbons (Fsp3) is 0.333. The Morgan fingerprint density at radius 1 is 1.46 bits per heavy atom. The van der Waals surface area contributed by atoms with Gasteiger partial charge in [-0.2, -0.15) is 0 Å². The second kappa shape index (κ2) is 2.80. The zero-order valence-corrected chi connectivity index (χ0v) is 8.43. The molecular formula is C9H8BrNO2. The molecule has 1 N–H and O–H groups in total. The number of hydrogen-bond acceptors (Lipinski definition) is 2. The highest BCUT2D eigenvalue weighted by atomic mass is 79.9. The fourth-order valence-corrected chi connectivity index (χ4v) is 2.13. The molecule has 1 aliphatic heterocycles. The molecule has 1 aliphatic carbocycles. The molecule has 1 saturated heterocycles. The van der Waals surface area contributed by atoms with Gasteiger partial charge in [0.1, 0.15) is 0 Å². The van der Waals surface area contributed by atoms with Gasteiger partial charge in [-0.15, -0.1) is 0 Å². The Morgan fingerprint density at radius 3 is 2.77 bits per heavy atom. The summed E-state index contributed by atoms with van der Waals surface area (Å²) in [5, 5.41) is 2.84. The standard InChI is InChI=1S/C9H8BrNO2/c10-6-5-9(3-1-7(6)12)4-2-8(13)11-9/h1,3,5H,2,4H2,(H,11,13). The molecule has 0 saturated carbocycles. The van der Waals surface area contributed by atoms with Crippen LogP contribution in [0.3, 0.4) is 0 Å². The highest BCUT2D eigenvalue weighted by molar-refractivity contribution is 9.12. The van der Waals surface area contributed by atoms with Crippen LogP contribution in [0.5, 0.6) is 0 Å². The molecular weight excluding hydrogens is 234 g/mol. The molecule has 0 bridgehead atoms. The molecule has 13 heavy (non-hydrogen) atoms. The summed E-state index contributed by atoms with van der Waals surface area (Å²) in [5.41, 5.74) is -0.413. The minimum absolute atomic E-state index is 0.0375. The average molecular weight is 242 g/mol. The highest BCUT2D eigenvalue weighted by Gasteiger charge is 2.36. The van der Waals surface area contributed by atoms with Crippen LogP contribution in [0.2, 0.25) is 0 Å². The van der Waals surface area contributed by atoms with Crippen molar-refractivity contribution in [1.82, 2.24) is 5.32 Å². The molecule has 0 aromatic rings.